The summed E-state index contributed by atoms with van der Waals surface area (Å²) in [5.74, 6) is -0.485. The summed E-state index contributed by atoms with van der Waals surface area (Å²) >= 11 is 0. The van der Waals surface area contributed by atoms with Crippen LogP contribution in [0.5, 0.6) is 0 Å². The summed E-state index contributed by atoms with van der Waals surface area (Å²) in [4.78, 5) is 13.0. The SMILES string of the molecule is Cc1ccc(S(=O)(=O)Nc2cccc(C(=O)Nc3ccc(S(=O)(=O)Nc4cccc5ccccc45)cc3)c2)cc1. The van der Waals surface area contributed by atoms with Crippen LogP contribution in [0.4, 0.5) is 17.1 Å². The van der Waals surface area contributed by atoms with Gasteiger partial charge in [-0.1, -0.05) is 60.2 Å². The van der Waals surface area contributed by atoms with E-state index in [9.17, 15) is 21.6 Å². The molecule has 202 valence electrons. The van der Waals surface area contributed by atoms with Gasteiger partial charge in [0.25, 0.3) is 26.0 Å². The number of rotatable bonds is 8. The van der Waals surface area contributed by atoms with Crippen LogP contribution in [0.1, 0.15) is 15.9 Å². The smallest absolute Gasteiger partial charge is 0.261 e. The third kappa shape index (κ3) is 5.98. The molecule has 0 aliphatic rings. The highest BCUT2D eigenvalue weighted by Crippen LogP contribution is 2.26. The van der Waals surface area contributed by atoms with Crippen molar-refractivity contribution in [2.45, 2.75) is 16.7 Å². The van der Waals surface area contributed by atoms with Crippen molar-refractivity contribution < 1.29 is 21.6 Å². The Balaban J connectivity index is 1.28. The van der Waals surface area contributed by atoms with E-state index in [0.717, 1.165) is 16.3 Å². The summed E-state index contributed by atoms with van der Waals surface area (Å²) in [5.41, 5.74) is 2.23. The Hall–Kier alpha value is -4.67. The van der Waals surface area contributed by atoms with Crippen LogP contribution in [0.15, 0.2) is 125 Å². The molecule has 0 saturated carbocycles. The molecule has 10 heteroatoms. The van der Waals surface area contributed by atoms with Gasteiger partial charge in [-0.25, -0.2) is 16.8 Å². The van der Waals surface area contributed by atoms with Crippen LogP contribution in [0, 0.1) is 6.92 Å². The zero-order valence-electron chi connectivity index (χ0n) is 21.3. The normalized spacial score (nSPS) is 11.6. The molecule has 0 unspecified atom stereocenters. The van der Waals surface area contributed by atoms with Crippen molar-refractivity contribution in [1.29, 1.82) is 0 Å². The van der Waals surface area contributed by atoms with Crippen LogP contribution < -0.4 is 14.8 Å². The second-order valence-electron chi connectivity index (χ2n) is 9.11. The molecule has 0 atom stereocenters. The minimum absolute atomic E-state index is 0.0333. The van der Waals surface area contributed by atoms with Gasteiger partial charge in [0.05, 0.1) is 15.5 Å². The first kappa shape index (κ1) is 26.9. The van der Waals surface area contributed by atoms with Crippen molar-refractivity contribution in [2.75, 3.05) is 14.8 Å². The molecule has 0 aliphatic carbocycles. The van der Waals surface area contributed by atoms with E-state index in [1.807, 2.05) is 37.3 Å². The maximum atomic E-state index is 13.0. The highest BCUT2D eigenvalue weighted by molar-refractivity contribution is 7.93. The van der Waals surface area contributed by atoms with Gasteiger partial charge in [0.2, 0.25) is 0 Å². The second-order valence-corrected chi connectivity index (χ2v) is 12.5. The van der Waals surface area contributed by atoms with Gasteiger partial charge in [0.1, 0.15) is 0 Å². The van der Waals surface area contributed by atoms with Crippen LogP contribution in [0.3, 0.4) is 0 Å². The lowest BCUT2D eigenvalue weighted by Crippen LogP contribution is -2.15. The van der Waals surface area contributed by atoms with Crippen molar-refractivity contribution in [3.63, 3.8) is 0 Å². The molecule has 0 radical (unpaired) electrons. The Morgan fingerprint density at radius 3 is 1.93 bits per heavy atom. The molecule has 0 aromatic heterocycles. The number of nitrogens with one attached hydrogen (secondary N) is 3. The number of benzene rings is 5. The molecule has 1 amide bonds. The van der Waals surface area contributed by atoms with Crippen LogP contribution in [0.2, 0.25) is 0 Å². The van der Waals surface area contributed by atoms with E-state index < -0.39 is 26.0 Å². The molecular formula is C30H25N3O5S2. The first-order chi connectivity index (χ1) is 19.1. The summed E-state index contributed by atoms with van der Waals surface area (Å²) in [6, 6.07) is 31.1. The number of carbonyl (C=O) groups is 1. The molecule has 0 saturated heterocycles. The molecule has 8 nitrogen and oxygen atoms in total. The van der Waals surface area contributed by atoms with Gasteiger partial charge in [-0.2, -0.15) is 0 Å². The lowest BCUT2D eigenvalue weighted by Gasteiger charge is -2.12. The van der Waals surface area contributed by atoms with E-state index in [1.165, 1.54) is 42.5 Å². The van der Waals surface area contributed by atoms with E-state index in [2.05, 4.69) is 14.8 Å². The minimum Gasteiger partial charge on any atom is -0.322 e. The van der Waals surface area contributed by atoms with E-state index in [1.54, 1.807) is 42.5 Å². The Bertz CT molecular complexity index is 1920. The van der Waals surface area contributed by atoms with Gasteiger partial charge in [-0.15, -0.1) is 0 Å². The first-order valence-electron chi connectivity index (χ1n) is 12.2. The zero-order chi connectivity index (χ0) is 28.3. The summed E-state index contributed by atoms with van der Waals surface area (Å²) < 4.78 is 56.6. The van der Waals surface area contributed by atoms with E-state index in [0.29, 0.717) is 11.4 Å². The Morgan fingerprint density at radius 2 is 1.20 bits per heavy atom. The minimum atomic E-state index is -3.88. The summed E-state index contributed by atoms with van der Waals surface area (Å²) in [6.45, 7) is 1.86. The van der Waals surface area contributed by atoms with Gasteiger partial charge in [0.15, 0.2) is 0 Å². The number of hydrogen-bond donors (Lipinski definition) is 3. The number of carbonyl (C=O) groups excluding carboxylic acids is 1. The number of fused-ring (bicyclic) bond motifs is 1. The van der Waals surface area contributed by atoms with Gasteiger partial charge < -0.3 is 5.32 Å². The highest BCUT2D eigenvalue weighted by Gasteiger charge is 2.17. The Morgan fingerprint density at radius 1 is 0.600 bits per heavy atom. The van der Waals surface area contributed by atoms with E-state index in [-0.39, 0.29) is 21.0 Å². The Labute approximate surface area is 232 Å². The molecule has 5 aromatic carbocycles. The molecule has 5 rings (SSSR count). The molecule has 40 heavy (non-hydrogen) atoms. The largest absolute Gasteiger partial charge is 0.322 e. The number of hydrogen-bond acceptors (Lipinski definition) is 5. The predicted octanol–water partition coefficient (Wildman–Crippen LogP) is 6.00. The zero-order valence-corrected chi connectivity index (χ0v) is 23.0. The fraction of sp³-hybridized carbons (Fsp3) is 0.0333. The van der Waals surface area contributed by atoms with Crippen molar-refractivity contribution in [1.82, 2.24) is 0 Å². The molecule has 0 spiro atoms. The van der Waals surface area contributed by atoms with Gasteiger partial charge >= 0.3 is 0 Å². The van der Waals surface area contributed by atoms with Gasteiger partial charge in [-0.05, 0) is 73.0 Å². The number of anilines is 3. The maximum absolute atomic E-state index is 13.0. The topological polar surface area (TPSA) is 121 Å². The lowest BCUT2D eigenvalue weighted by molar-refractivity contribution is 0.102. The lowest BCUT2D eigenvalue weighted by atomic mass is 10.1. The van der Waals surface area contributed by atoms with Gasteiger partial charge in [0, 0.05) is 22.3 Å². The fourth-order valence-corrected chi connectivity index (χ4v) is 6.22. The van der Waals surface area contributed by atoms with Crippen molar-refractivity contribution in [3.8, 4) is 0 Å². The number of sulfonamides is 2. The van der Waals surface area contributed by atoms with E-state index >= 15 is 0 Å². The number of aryl methyl sites for hydroxylation is 1. The molecule has 0 aliphatic heterocycles. The van der Waals surface area contributed by atoms with Crippen LogP contribution in [-0.2, 0) is 20.0 Å². The Kier molecular flexibility index (Phi) is 7.29. The molecule has 0 heterocycles. The van der Waals surface area contributed by atoms with Gasteiger partial charge in [-0.3, -0.25) is 14.2 Å². The van der Waals surface area contributed by atoms with E-state index in [4.69, 9.17) is 0 Å². The van der Waals surface area contributed by atoms with Crippen LogP contribution in [0.25, 0.3) is 10.8 Å². The quantitative estimate of drug-likeness (QED) is 0.211. The van der Waals surface area contributed by atoms with Crippen molar-refractivity contribution in [3.05, 3.63) is 126 Å². The summed E-state index contributed by atoms with van der Waals surface area (Å²) in [6.07, 6.45) is 0. The molecular weight excluding hydrogens is 546 g/mol. The molecule has 5 aromatic rings. The van der Waals surface area contributed by atoms with Crippen LogP contribution >= 0.6 is 0 Å². The second kappa shape index (κ2) is 10.8. The van der Waals surface area contributed by atoms with Crippen molar-refractivity contribution in [2.24, 2.45) is 0 Å². The third-order valence-corrected chi connectivity index (χ3v) is 8.94. The molecule has 3 N–H and O–H groups in total. The summed E-state index contributed by atoms with van der Waals surface area (Å²) in [5, 5.41) is 4.40. The monoisotopic (exact) mass is 571 g/mol. The van der Waals surface area contributed by atoms with Crippen LogP contribution in [-0.4, -0.2) is 22.7 Å². The summed E-state index contributed by atoms with van der Waals surface area (Å²) in [7, 11) is -7.71. The standard InChI is InChI=1S/C30H25N3O5S2/c1-21-12-16-26(17-13-21)39(35,36)32-25-9-4-8-23(20-25)30(34)31-24-14-18-27(19-15-24)40(37,38)33-29-11-5-7-22-6-2-3-10-28(22)29/h2-20,32-33H,1H3,(H,31,34). The first-order valence-corrected chi connectivity index (χ1v) is 15.2. The molecule has 0 bridgehead atoms. The molecule has 0 fully saturated rings. The maximum Gasteiger partial charge on any atom is 0.261 e. The average molecular weight is 572 g/mol. The fourth-order valence-electron chi connectivity index (χ4n) is 4.09. The third-order valence-electron chi connectivity index (χ3n) is 6.16. The highest BCUT2D eigenvalue weighted by atomic mass is 32.2. The van der Waals surface area contributed by atoms with Crippen molar-refractivity contribution >= 4 is 53.8 Å². The average Bonchev–Trinajstić information content (AvgIpc) is 2.93. The number of amides is 1. The predicted molar refractivity (Wildman–Crippen MR) is 158 cm³/mol.